The summed E-state index contributed by atoms with van der Waals surface area (Å²) in [6.45, 7) is 6.30. The summed E-state index contributed by atoms with van der Waals surface area (Å²) < 4.78 is 5.72. The highest BCUT2D eigenvalue weighted by atomic mass is 16.5. The Kier molecular flexibility index (Phi) is 6.64. The second-order valence-corrected chi connectivity index (χ2v) is 6.80. The van der Waals surface area contributed by atoms with Gasteiger partial charge in [-0.2, -0.15) is 0 Å². The zero-order valence-corrected chi connectivity index (χ0v) is 14.8. The van der Waals surface area contributed by atoms with E-state index in [4.69, 9.17) is 4.74 Å². The predicted octanol–water partition coefficient (Wildman–Crippen LogP) is 2.78. The quantitative estimate of drug-likeness (QED) is 0.815. The van der Waals surface area contributed by atoms with Crippen molar-refractivity contribution in [2.75, 3.05) is 0 Å². The summed E-state index contributed by atoms with van der Waals surface area (Å²) >= 11 is 0. The molecule has 0 aromatic heterocycles. The van der Waals surface area contributed by atoms with Crippen LogP contribution in [0.3, 0.4) is 0 Å². The van der Waals surface area contributed by atoms with Gasteiger partial charge >= 0.3 is 11.8 Å². The maximum absolute atomic E-state index is 12.1. The number of hydrogen-bond acceptors (Lipinski definition) is 3. The highest BCUT2D eigenvalue weighted by molar-refractivity contribution is 6.35. The first-order valence-electron chi connectivity index (χ1n) is 8.80. The van der Waals surface area contributed by atoms with E-state index < -0.39 is 11.8 Å². The van der Waals surface area contributed by atoms with Gasteiger partial charge in [-0.1, -0.05) is 38.0 Å². The maximum Gasteiger partial charge on any atom is 0.309 e. The lowest BCUT2D eigenvalue weighted by atomic mass is 9.86. The molecular formula is C19H28N2O3. The second kappa shape index (κ2) is 8.71. The van der Waals surface area contributed by atoms with Crippen molar-refractivity contribution in [1.29, 1.82) is 0 Å². The molecule has 5 heteroatoms. The van der Waals surface area contributed by atoms with Crippen molar-refractivity contribution < 1.29 is 14.3 Å². The first-order chi connectivity index (χ1) is 11.5. The summed E-state index contributed by atoms with van der Waals surface area (Å²) in [5, 5.41) is 5.56. The number of ether oxygens (including phenoxy) is 1. The zero-order chi connectivity index (χ0) is 17.5. The van der Waals surface area contributed by atoms with E-state index in [-0.39, 0.29) is 18.7 Å². The number of benzene rings is 1. The van der Waals surface area contributed by atoms with E-state index in [0.717, 1.165) is 30.6 Å². The largest absolute Gasteiger partial charge is 0.491 e. The molecule has 24 heavy (non-hydrogen) atoms. The number of rotatable bonds is 5. The van der Waals surface area contributed by atoms with Gasteiger partial charge in [0.25, 0.3) is 0 Å². The van der Waals surface area contributed by atoms with Gasteiger partial charge in [0, 0.05) is 18.2 Å². The van der Waals surface area contributed by atoms with Crippen molar-refractivity contribution in [3.8, 4) is 5.75 Å². The topological polar surface area (TPSA) is 67.4 Å². The molecule has 2 amide bonds. The van der Waals surface area contributed by atoms with Crippen molar-refractivity contribution in [1.82, 2.24) is 10.6 Å². The van der Waals surface area contributed by atoms with Gasteiger partial charge in [-0.05, 0) is 38.7 Å². The normalized spacial score (nSPS) is 20.5. The molecule has 0 spiro atoms. The van der Waals surface area contributed by atoms with Gasteiger partial charge in [-0.15, -0.1) is 0 Å². The lowest BCUT2D eigenvalue weighted by molar-refractivity contribution is -0.140. The van der Waals surface area contributed by atoms with Gasteiger partial charge < -0.3 is 15.4 Å². The van der Waals surface area contributed by atoms with Crippen LogP contribution in [0.15, 0.2) is 24.3 Å². The molecule has 0 aliphatic heterocycles. The van der Waals surface area contributed by atoms with Crippen LogP contribution >= 0.6 is 0 Å². The average molecular weight is 332 g/mol. The Morgan fingerprint density at radius 3 is 2.58 bits per heavy atom. The molecule has 1 saturated carbocycles. The molecule has 2 atom stereocenters. The molecule has 1 aromatic carbocycles. The Hall–Kier alpha value is -2.04. The van der Waals surface area contributed by atoms with Crippen molar-refractivity contribution >= 4 is 11.8 Å². The third-order valence-corrected chi connectivity index (χ3v) is 4.41. The maximum atomic E-state index is 12.1. The van der Waals surface area contributed by atoms with Crippen LogP contribution in [0, 0.1) is 5.92 Å². The van der Waals surface area contributed by atoms with Gasteiger partial charge in [0.05, 0.1) is 6.10 Å². The molecule has 2 rings (SSSR count). The van der Waals surface area contributed by atoms with Crippen LogP contribution in [-0.2, 0) is 16.1 Å². The second-order valence-electron chi connectivity index (χ2n) is 6.80. The minimum absolute atomic E-state index is 0.0536. The Labute approximate surface area is 144 Å². The van der Waals surface area contributed by atoms with Crippen LogP contribution in [0.4, 0.5) is 0 Å². The molecule has 1 aliphatic carbocycles. The van der Waals surface area contributed by atoms with Gasteiger partial charge in [0.1, 0.15) is 5.75 Å². The number of carbonyl (C=O) groups excluding carboxylic acids is 2. The van der Waals surface area contributed by atoms with Gasteiger partial charge in [0.15, 0.2) is 0 Å². The summed E-state index contributed by atoms with van der Waals surface area (Å²) in [6.07, 6.45) is 4.42. The smallest absolute Gasteiger partial charge is 0.309 e. The summed E-state index contributed by atoms with van der Waals surface area (Å²) in [7, 11) is 0. The van der Waals surface area contributed by atoms with Crippen molar-refractivity contribution in [3.63, 3.8) is 0 Å². The molecule has 0 saturated heterocycles. The number of carbonyl (C=O) groups is 2. The van der Waals surface area contributed by atoms with Crippen molar-refractivity contribution in [2.24, 2.45) is 5.92 Å². The third-order valence-electron chi connectivity index (χ3n) is 4.41. The van der Waals surface area contributed by atoms with E-state index >= 15 is 0 Å². The molecule has 1 aliphatic rings. The highest BCUT2D eigenvalue weighted by Crippen LogP contribution is 2.23. The van der Waals surface area contributed by atoms with E-state index in [1.54, 1.807) is 0 Å². The summed E-state index contributed by atoms with van der Waals surface area (Å²) in [5.74, 6) is 0.0212. The molecule has 1 fully saturated rings. The Morgan fingerprint density at radius 1 is 1.17 bits per heavy atom. The third kappa shape index (κ3) is 5.25. The fourth-order valence-electron chi connectivity index (χ4n) is 3.04. The first kappa shape index (κ1) is 18.3. The predicted molar refractivity (Wildman–Crippen MR) is 93.6 cm³/mol. The fourth-order valence-corrected chi connectivity index (χ4v) is 3.04. The fraction of sp³-hybridized carbons (Fsp3) is 0.579. The number of nitrogens with one attached hydrogen (secondary N) is 2. The van der Waals surface area contributed by atoms with Crippen LogP contribution in [0.2, 0.25) is 0 Å². The molecule has 0 heterocycles. The van der Waals surface area contributed by atoms with Crippen LogP contribution in [0.25, 0.3) is 0 Å². The number of amides is 2. The average Bonchev–Trinajstić information content (AvgIpc) is 2.55. The Morgan fingerprint density at radius 2 is 1.88 bits per heavy atom. The summed E-state index contributed by atoms with van der Waals surface area (Å²) in [4.78, 5) is 24.2. The Bertz CT molecular complexity index is 571. The van der Waals surface area contributed by atoms with Crippen LogP contribution in [0.5, 0.6) is 5.75 Å². The van der Waals surface area contributed by atoms with Crippen molar-refractivity contribution in [3.05, 3.63) is 29.8 Å². The minimum Gasteiger partial charge on any atom is -0.491 e. The molecule has 0 radical (unpaired) electrons. The molecule has 2 N–H and O–H groups in total. The molecule has 5 nitrogen and oxygen atoms in total. The number of para-hydroxylation sites is 1. The van der Waals surface area contributed by atoms with Gasteiger partial charge in [-0.25, -0.2) is 0 Å². The molecule has 1 aromatic rings. The molecule has 0 bridgehead atoms. The van der Waals surface area contributed by atoms with Crippen LogP contribution < -0.4 is 15.4 Å². The van der Waals surface area contributed by atoms with Crippen molar-refractivity contribution in [2.45, 2.75) is 65.1 Å². The van der Waals surface area contributed by atoms with Crippen LogP contribution in [-0.4, -0.2) is 24.0 Å². The summed E-state index contributed by atoms with van der Waals surface area (Å²) in [5.41, 5.74) is 0.860. The van der Waals surface area contributed by atoms with Gasteiger partial charge in [-0.3, -0.25) is 9.59 Å². The summed E-state index contributed by atoms with van der Waals surface area (Å²) in [6, 6.07) is 7.64. The highest BCUT2D eigenvalue weighted by Gasteiger charge is 2.25. The SMILES string of the molecule is CC(C)Oc1ccccc1CNC(=O)C(=O)N[C@H]1CCCC[C@H]1C. The monoisotopic (exact) mass is 332 g/mol. The first-order valence-corrected chi connectivity index (χ1v) is 8.80. The van der Waals surface area contributed by atoms with E-state index in [1.165, 1.54) is 6.42 Å². The Balaban J connectivity index is 1.87. The zero-order valence-electron chi connectivity index (χ0n) is 14.8. The number of hydrogen-bond donors (Lipinski definition) is 2. The van der Waals surface area contributed by atoms with E-state index in [9.17, 15) is 9.59 Å². The van der Waals surface area contributed by atoms with E-state index in [0.29, 0.717) is 5.92 Å². The standard InChI is InChI=1S/C19H28N2O3/c1-13(2)24-17-11-7-5-9-15(17)12-20-18(22)19(23)21-16-10-6-4-8-14(16)3/h5,7,9,11,13-14,16H,4,6,8,10,12H2,1-3H3,(H,20,22)(H,21,23)/t14-,16+/m1/s1. The molecular weight excluding hydrogens is 304 g/mol. The minimum atomic E-state index is -0.591. The van der Waals surface area contributed by atoms with Gasteiger partial charge in [0.2, 0.25) is 0 Å². The molecule has 0 unspecified atom stereocenters. The molecule has 132 valence electrons. The lowest BCUT2D eigenvalue weighted by Crippen LogP contribution is -2.47. The van der Waals surface area contributed by atoms with Crippen LogP contribution in [0.1, 0.15) is 52.0 Å². The van der Waals surface area contributed by atoms with E-state index in [2.05, 4.69) is 17.6 Å². The lowest BCUT2D eigenvalue weighted by Gasteiger charge is -2.29. The van der Waals surface area contributed by atoms with E-state index in [1.807, 2.05) is 38.1 Å².